The van der Waals surface area contributed by atoms with E-state index in [1.54, 1.807) is 6.07 Å². The standard InChI is InChI=1S/C14H18ClF2N/c15-12-3-1-2-10(6-12)8-18-9-11-4-5-13(16)14(17)7-11/h4-5,7,10,12,18H,1-3,6,8-9H2. The monoisotopic (exact) mass is 273 g/mol. The Hall–Kier alpha value is -0.670. The molecule has 0 heterocycles. The van der Waals surface area contributed by atoms with Gasteiger partial charge in [-0.3, -0.25) is 0 Å². The molecule has 18 heavy (non-hydrogen) atoms. The summed E-state index contributed by atoms with van der Waals surface area (Å²) in [6, 6.07) is 4.02. The predicted molar refractivity (Wildman–Crippen MR) is 69.7 cm³/mol. The summed E-state index contributed by atoms with van der Waals surface area (Å²) in [5, 5.41) is 3.59. The quantitative estimate of drug-likeness (QED) is 0.822. The SMILES string of the molecule is Fc1ccc(CNCC2CCCC(Cl)C2)cc1F. The topological polar surface area (TPSA) is 12.0 Å². The Bertz CT molecular complexity index is 397. The van der Waals surface area contributed by atoms with Gasteiger partial charge >= 0.3 is 0 Å². The highest BCUT2D eigenvalue weighted by Crippen LogP contribution is 2.27. The summed E-state index contributed by atoms with van der Waals surface area (Å²) in [6.07, 6.45) is 4.55. The minimum Gasteiger partial charge on any atom is -0.312 e. The zero-order valence-electron chi connectivity index (χ0n) is 10.3. The molecule has 0 amide bonds. The first-order chi connectivity index (χ1) is 8.65. The fourth-order valence-electron chi connectivity index (χ4n) is 2.48. The number of rotatable bonds is 4. The van der Waals surface area contributed by atoms with Crippen LogP contribution >= 0.6 is 11.6 Å². The Morgan fingerprint density at radius 1 is 1.22 bits per heavy atom. The molecular formula is C14H18ClF2N. The summed E-state index contributed by atoms with van der Waals surface area (Å²) in [6.45, 7) is 1.46. The third-order valence-corrected chi connectivity index (χ3v) is 3.86. The van der Waals surface area contributed by atoms with Crippen molar-refractivity contribution < 1.29 is 8.78 Å². The van der Waals surface area contributed by atoms with Gasteiger partial charge in [-0.05, 0) is 49.4 Å². The fraction of sp³-hybridized carbons (Fsp3) is 0.571. The summed E-state index contributed by atoms with van der Waals surface area (Å²) in [7, 11) is 0. The van der Waals surface area contributed by atoms with Crippen molar-refractivity contribution in [1.82, 2.24) is 5.32 Å². The van der Waals surface area contributed by atoms with E-state index in [4.69, 9.17) is 11.6 Å². The van der Waals surface area contributed by atoms with Crippen molar-refractivity contribution in [1.29, 1.82) is 0 Å². The lowest BCUT2D eigenvalue weighted by Gasteiger charge is -2.25. The van der Waals surface area contributed by atoms with Gasteiger partial charge in [-0.25, -0.2) is 8.78 Å². The van der Waals surface area contributed by atoms with Crippen molar-refractivity contribution in [2.75, 3.05) is 6.54 Å². The van der Waals surface area contributed by atoms with E-state index < -0.39 is 11.6 Å². The number of nitrogens with one attached hydrogen (secondary N) is 1. The van der Waals surface area contributed by atoms with Gasteiger partial charge in [-0.1, -0.05) is 12.5 Å². The smallest absolute Gasteiger partial charge is 0.159 e. The number of hydrogen-bond donors (Lipinski definition) is 1. The first-order valence-electron chi connectivity index (χ1n) is 6.44. The molecule has 1 aliphatic rings. The minimum absolute atomic E-state index is 0.300. The molecular weight excluding hydrogens is 256 g/mol. The normalized spacial score (nSPS) is 24.2. The molecule has 1 aliphatic carbocycles. The Labute approximate surface area is 112 Å². The van der Waals surface area contributed by atoms with Gasteiger partial charge < -0.3 is 5.32 Å². The Morgan fingerprint density at radius 2 is 2.06 bits per heavy atom. The van der Waals surface area contributed by atoms with Crippen LogP contribution in [0.4, 0.5) is 8.78 Å². The molecule has 0 spiro atoms. The third kappa shape index (κ3) is 3.92. The molecule has 0 aromatic heterocycles. The summed E-state index contributed by atoms with van der Waals surface area (Å²) >= 11 is 6.13. The highest BCUT2D eigenvalue weighted by atomic mass is 35.5. The average Bonchev–Trinajstić information content (AvgIpc) is 2.34. The second-order valence-corrected chi connectivity index (χ2v) is 5.63. The highest BCUT2D eigenvalue weighted by Gasteiger charge is 2.19. The largest absolute Gasteiger partial charge is 0.312 e. The zero-order valence-corrected chi connectivity index (χ0v) is 11.0. The van der Waals surface area contributed by atoms with E-state index in [2.05, 4.69) is 5.32 Å². The average molecular weight is 274 g/mol. The molecule has 0 bridgehead atoms. The molecule has 100 valence electrons. The maximum absolute atomic E-state index is 13.0. The number of benzene rings is 1. The van der Waals surface area contributed by atoms with Crippen LogP contribution in [-0.4, -0.2) is 11.9 Å². The molecule has 1 nitrogen and oxygen atoms in total. The summed E-state index contributed by atoms with van der Waals surface area (Å²) in [5.41, 5.74) is 0.770. The summed E-state index contributed by atoms with van der Waals surface area (Å²) < 4.78 is 25.7. The van der Waals surface area contributed by atoms with Gasteiger partial charge in [-0.2, -0.15) is 0 Å². The Balaban J connectivity index is 1.76. The minimum atomic E-state index is -0.795. The van der Waals surface area contributed by atoms with Crippen LogP contribution in [0.3, 0.4) is 0 Å². The van der Waals surface area contributed by atoms with Gasteiger partial charge in [0.1, 0.15) is 0 Å². The van der Waals surface area contributed by atoms with Crippen LogP contribution < -0.4 is 5.32 Å². The number of alkyl halides is 1. The maximum Gasteiger partial charge on any atom is 0.159 e. The number of hydrogen-bond acceptors (Lipinski definition) is 1. The molecule has 0 radical (unpaired) electrons. The molecule has 1 aromatic carbocycles. The van der Waals surface area contributed by atoms with Crippen molar-refractivity contribution in [3.8, 4) is 0 Å². The van der Waals surface area contributed by atoms with Gasteiger partial charge in [0, 0.05) is 11.9 Å². The Kier molecular flexibility index (Phi) is 4.95. The van der Waals surface area contributed by atoms with Crippen molar-refractivity contribution >= 4 is 11.6 Å². The zero-order chi connectivity index (χ0) is 13.0. The van der Waals surface area contributed by atoms with Crippen LogP contribution in [-0.2, 0) is 6.54 Å². The molecule has 2 rings (SSSR count). The molecule has 0 saturated heterocycles. The van der Waals surface area contributed by atoms with Gasteiger partial charge in [0.15, 0.2) is 11.6 Å². The molecule has 0 aliphatic heterocycles. The second kappa shape index (κ2) is 6.48. The molecule has 1 fully saturated rings. The first-order valence-corrected chi connectivity index (χ1v) is 6.87. The van der Waals surface area contributed by atoms with Crippen LogP contribution in [0.15, 0.2) is 18.2 Å². The fourth-order valence-corrected chi connectivity index (χ4v) is 2.89. The van der Waals surface area contributed by atoms with Gasteiger partial charge in [0.05, 0.1) is 0 Å². The van der Waals surface area contributed by atoms with Crippen LogP contribution in [0.2, 0.25) is 0 Å². The molecule has 1 saturated carbocycles. The Morgan fingerprint density at radius 3 is 2.78 bits per heavy atom. The predicted octanol–water partition coefficient (Wildman–Crippen LogP) is 3.85. The lowest BCUT2D eigenvalue weighted by Crippen LogP contribution is -2.27. The first kappa shape index (κ1) is 13.8. The van der Waals surface area contributed by atoms with Crippen molar-refractivity contribution in [2.45, 2.75) is 37.6 Å². The molecule has 1 aromatic rings. The van der Waals surface area contributed by atoms with Gasteiger partial charge in [-0.15, -0.1) is 11.6 Å². The van der Waals surface area contributed by atoms with Crippen molar-refractivity contribution in [3.63, 3.8) is 0 Å². The second-order valence-electron chi connectivity index (χ2n) is 5.01. The van der Waals surface area contributed by atoms with E-state index in [0.29, 0.717) is 17.8 Å². The molecule has 1 N–H and O–H groups in total. The summed E-state index contributed by atoms with van der Waals surface area (Å²) in [5.74, 6) is -0.977. The van der Waals surface area contributed by atoms with Crippen LogP contribution in [0.1, 0.15) is 31.2 Å². The number of halogens is 3. The van der Waals surface area contributed by atoms with Crippen molar-refractivity contribution in [3.05, 3.63) is 35.4 Å². The molecule has 2 atom stereocenters. The van der Waals surface area contributed by atoms with E-state index in [0.717, 1.165) is 24.9 Å². The summed E-state index contributed by atoms with van der Waals surface area (Å²) in [4.78, 5) is 0. The third-order valence-electron chi connectivity index (χ3n) is 3.46. The van der Waals surface area contributed by atoms with Crippen LogP contribution in [0, 0.1) is 17.6 Å². The van der Waals surface area contributed by atoms with E-state index in [-0.39, 0.29) is 0 Å². The van der Waals surface area contributed by atoms with E-state index in [1.807, 2.05) is 0 Å². The van der Waals surface area contributed by atoms with Gasteiger partial charge in [0.25, 0.3) is 0 Å². The maximum atomic E-state index is 13.0. The van der Waals surface area contributed by atoms with E-state index in [9.17, 15) is 8.78 Å². The lowest BCUT2D eigenvalue weighted by molar-refractivity contribution is 0.346. The van der Waals surface area contributed by atoms with Gasteiger partial charge in [0.2, 0.25) is 0 Å². The van der Waals surface area contributed by atoms with Crippen molar-refractivity contribution in [2.24, 2.45) is 5.92 Å². The molecule has 2 unspecified atom stereocenters. The van der Waals surface area contributed by atoms with E-state index >= 15 is 0 Å². The molecule has 4 heteroatoms. The van der Waals surface area contributed by atoms with Crippen LogP contribution in [0.25, 0.3) is 0 Å². The van der Waals surface area contributed by atoms with Crippen LogP contribution in [0.5, 0.6) is 0 Å². The lowest BCUT2D eigenvalue weighted by atomic mass is 9.89. The highest BCUT2D eigenvalue weighted by molar-refractivity contribution is 6.20. The van der Waals surface area contributed by atoms with E-state index in [1.165, 1.54) is 25.0 Å².